The molecule has 0 bridgehead atoms. The number of hydrogen-bond acceptors (Lipinski definition) is 3. The summed E-state index contributed by atoms with van der Waals surface area (Å²) >= 11 is 1.57. The van der Waals surface area contributed by atoms with Gasteiger partial charge in [0.2, 0.25) is 0 Å². The fraction of sp³-hybridized carbons (Fsp3) is 0.500. The van der Waals surface area contributed by atoms with E-state index in [1.54, 1.807) is 11.3 Å². The normalized spacial score (nSPS) is 11.8. The number of urea groups is 1. The summed E-state index contributed by atoms with van der Waals surface area (Å²) in [5.41, 5.74) is 1.04. The Kier molecular flexibility index (Phi) is 6.21. The summed E-state index contributed by atoms with van der Waals surface area (Å²) in [6, 6.07) is 1.31. The van der Waals surface area contributed by atoms with Crippen LogP contribution in [0.2, 0.25) is 0 Å². The summed E-state index contributed by atoms with van der Waals surface area (Å²) in [7, 11) is 0. The molecule has 0 saturated heterocycles. The van der Waals surface area contributed by atoms with Crippen LogP contribution in [0.15, 0.2) is 16.8 Å². The second kappa shape index (κ2) is 7.71. The first-order chi connectivity index (χ1) is 8.61. The van der Waals surface area contributed by atoms with Gasteiger partial charge in [-0.3, -0.25) is 4.79 Å². The third-order valence-electron chi connectivity index (χ3n) is 2.43. The van der Waals surface area contributed by atoms with Crippen LogP contribution in [0.5, 0.6) is 0 Å². The summed E-state index contributed by atoms with van der Waals surface area (Å²) in [6.07, 6.45) is 1.46. The van der Waals surface area contributed by atoms with Gasteiger partial charge in [-0.2, -0.15) is 11.3 Å². The summed E-state index contributed by atoms with van der Waals surface area (Å²) in [5, 5.41) is 18.0. The number of carboxylic acid groups (broad SMARTS) is 1. The molecule has 1 unspecified atom stereocenters. The van der Waals surface area contributed by atoms with Gasteiger partial charge in [-0.1, -0.05) is 13.3 Å². The first-order valence-corrected chi connectivity index (χ1v) is 6.83. The molecule has 0 aromatic carbocycles. The Hall–Kier alpha value is -1.56. The number of thiophene rings is 1. The topological polar surface area (TPSA) is 78.4 Å². The highest BCUT2D eigenvalue weighted by atomic mass is 32.1. The highest BCUT2D eigenvalue weighted by molar-refractivity contribution is 7.07. The van der Waals surface area contributed by atoms with Crippen LogP contribution in [0.3, 0.4) is 0 Å². The lowest BCUT2D eigenvalue weighted by atomic mass is 10.1. The molecular formula is C12H18N2O3S. The Balaban J connectivity index is 2.33. The third kappa shape index (κ3) is 5.67. The smallest absolute Gasteiger partial charge is 0.315 e. The number of hydrogen-bond donors (Lipinski definition) is 3. The second-order valence-corrected chi connectivity index (χ2v) is 4.82. The zero-order valence-electron chi connectivity index (χ0n) is 10.3. The van der Waals surface area contributed by atoms with E-state index in [4.69, 9.17) is 5.11 Å². The number of carbonyl (C=O) groups excluding carboxylic acids is 1. The average molecular weight is 270 g/mol. The van der Waals surface area contributed by atoms with Crippen molar-refractivity contribution in [3.05, 3.63) is 22.4 Å². The van der Waals surface area contributed by atoms with Crippen molar-refractivity contribution in [1.29, 1.82) is 0 Å². The van der Waals surface area contributed by atoms with E-state index in [0.717, 1.165) is 12.0 Å². The molecule has 0 saturated carbocycles. The summed E-state index contributed by atoms with van der Waals surface area (Å²) in [6.45, 7) is 2.42. The van der Waals surface area contributed by atoms with E-state index in [-0.39, 0.29) is 18.5 Å². The molecule has 6 heteroatoms. The maximum Gasteiger partial charge on any atom is 0.315 e. The van der Waals surface area contributed by atoms with Crippen LogP contribution in [0.25, 0.3) is 0 Å². The van der Waals surface area contributed by atoms with E-state index < -0.39 is 5.97 Å². The van der Waals surface area contributed by atoms with Gasteiger partial charge in [-0.15, -0.1) is 0 Å². The van der Waals surface area contributed by atoms with E-state index >= 15 is 0 Å². The maximum absolute atomic E-state index is 11.6. The van der Waals surface area contributed by atoms with Crippen LogP contribution >= 0.6 is 11.3 Å². The lowest BCUT2D eigenvalue weighted by molar-refractivity contribution is -0.137. The molecule has 100 valence electrons. The van der Waals surface area contributed by atoms with Gasteiger partial charge < -0.3 is 15.7 Å². The fourth-order valence-corrected chi connectivity index (χ4v) is 2.27. The van der Waals surface area contributed by atoms with Crippen LogP contribution in [0.1, 0.15) is 31.7 Å². The average Bonchev–Trinajstić information content (AvgIpc) is 2.78. The fourth-order valence-electron chi connectivity index (χ4n) is 1.60. The first-order valence-electron chi connectivity index (χ1n) is 5.89. The van der Waals surface area contributed by atoms with Gasteiger partial charge in [0.1, 0.15) is 0 Å². The Labute approximate surface area is 110 Å². The van der Waals surface area contributed by atoms with Crippen molar-refractivity contribution in [3.63, 3.8) is 0 Å². The van der Waals surface area contributed by atoms with E-state index in [2.05, 4.69) is 10.6 Å². The molecule has 0 aliphatic carbocycles. The molecule has 1 rings (SSSR count). The quantitative estimate of drug-likeness (QED) is 0.710. The lowest BCUT2D eigenvalue weighted by Crippen LogP contribution is -2.42. The number of nitrogens with one attached hydrogen (secondary N) is 2. The van der Waals surface area contributed by atoms with E-state index in [9.17, 15) is 9.59 Å². The van der Waals surface area contributed by atoms with Crippen molar-refractivity contribution in [3.8, 4) is 0 Å². The van der Waals surface area contributed by atoms with Crippen molar-refractivity contribution in [2.45, 2.75) is 38.8 Å². The predicted octanol–water partition coefficient (Wildman–Crippen LogP) is 2.19. The summed E-state index contributed by atoms with van der Waals surface area (Å²) in [4.78, 5) is 22.2. The van der Waals surface area contributed by atoms with Gasteiger partial charge in [-0.25, -0.2) is 4.79 Å². The predicted molar refractivity (Wildman–Crippen MR) is 70.6 cm³/mol. The molecule has 0 radical (unpaired) electrons. The van der Waals surface area contributed by atoms with Crippen molar-refractivity contribution in [2.75, 3.05) is 0 Å². The molecule has 1 aromatic rings. The summed E-state index contributed by atoms with van der Waals surface area (Å²) < 4.78 is 0. The molecule has 0 aliphatic heterocycles. The monoisotopic (exact) mass is 270 g/mol. The Morgan fingerprint density at radius 1 is 1.50 bits per heavy atom. The largest absolute Gasteiger partial charge is 0.481 e. The number of carboxylic acids is 1. The minimum absolute atomic E-state index is 0.0420. The molecule has 1 atom stereocenters. The molecule has 5 nitrogen and oxygen atoms in total. The van der Waals surface area contributed by atoms with Crippen LogP contribution in [-0.2, 0) is 11.3 Å². The van der Waals surface area contributed by atoms with Crippen LogP contribution in [-0.4, -0.2) is 23.1 Å². The standard InChI is InChI=1S/C12H18N2O3S/c1-2-3-10(6-11(15)16)14-12(17)13-7-9-4-5-18-8-9/h4-5,8,10H,2-3,6-7H2,1H3,(H,15,16)(H2,13,14,17). The molecule has 0 fully saturated rings. The van der Waals surface area contributed by atoms with Gasteiger partial charge in [0.25, 0.3) is 0 Å². The van der Waals surface area contributed by atoms with Gasteiger partial charge in [0.05, 0.1) is 6.42 Å². The van der Waals surface area contributed by atoms with Crippen LogP contribution in [0, 0.1) is 0 Å². The van der Waals surface area contributed by atoms with E-state index in [1.807, 2.05) is 23.8 Å². The Morgan fingerprint density at radius 3 is 2.83 bits per heavy atom. The highest BCUT2D eigenvalue weighted by Gasteiger charge is 2.14. The minimum atomic E-state index is -0.897. The third-order valence-corrected chi connectivity index (χ3v) is 3.16. The van der Waals surface area contributed by atoms with Crippen molar-refractivity contribution < 1.29 is 14.7 Å². The van der Waals surface area contributed by atoms with Gasteiger partial charge >= 0.3 is 12.0 Å². The Morgan fingerprint density at radius 2 is 2.28 bits per heavy atom. The van der Waals surface area contributed by atoms with Crippen molar-refractivity contribution in [1.82, 2.24) is 10.6 Å². The van der Waals surface area contributed by atoms with E-state index in [1.165, 1.54) is 0 Å². The Bertz CT molecular complexity index is 379. The molecule has 2 amide bonds. The molecule has 0 spiro atoms. The molecule has 1 heterocycles. The highest BCUT2D eigenvalue weighted by Crippen LogP contribution is 2.05. The maximum atomic E-state index is 11.6. The van der Waals surface area contributed by atoms with Crippen molar-refractivity contribution in [2.24, 2.45) is 0 Å². The van der Waals surface area contributed by atoms with Crippen LogP contribution < -0.4 is 10.6 Å². The van der Waals surface area contributed by atoms with Gasteiger partial charge in [0.15, 0.2) is 0 Å². The van der Waals surface area contributed by atoms with Gasteiger partial charge in [-0.05, 0) is 28.8 Å². The van der Waals surface area contributed by atoms with E-state index in [0.29, 0.717) is 13.0 Å². The molecule has 18 heavy (non-hydrogen) atoms. The van der Waals surface area contributed by atoms with Crippen LogP contribution in [0.4, 0.5) is 4.79 Å². The molecule has 0 aliphatic rings. The second-order valence-electron chi connectivity index (χ2n) is 4.04. The molecule has 3 N–H and O–H groups in total. The number of carbonyl (C=O) groups is 2. The molecular weight excluding hydrogens is 252 g/mol. The zero-order chi connectivity index (χ0) is 13.4. The molecule has 1 aromatic heterocycles. The lowest BCUT2D eigenvalue weighted by Gasteiger charge is -2.16. The SMILES string of the molecule is CCCC(CC(=O)O)NC(=O)NCc1ccsc1. The number of aliphatic carboxylic acids is 1. The zero-order valence-corrected chi connectivity index (χ0v) is 11.1. The minimum Gasteiger partial charge on any atom is -0.481 e. The number of amides is 2. The summed E-state index contributed by atoms with van der Waals surface area (Å²) in [5.74, 6) is -0.897. The van der Waals surface area contributed by atoms with Gasteiger partial charge in [0, 0.05) is 12.6 Å². The first kappa shape index (κ1) is 14.5. The number of rotatable bonds is 7. The van der Waals surface area contributed by atoms with Crippen molar-refractivity contribution >= 4 is 23.3 Å².